The molecule has 2 aromatic rings. The molecule has 0 amide bonds. The highest BCUT2D eigenvalue weighted by Gasteiger charge is 2.21. The minimum Gasteiger partial charge on any atom is -0.216 e. The van der Waals surface area contributed by atoms with Gasteiger partial charge in [-0.3, -0.25) is 0 Å². The van der Waals surface area contributed by atoms with E-state index in [1.165, 1.54) is 12.1 Å². The third-order valence-electron chi connectivity index (χ3n) is 3.24. The minimum atomic E-state index is -0.331. The van der Waals surface area contributed by atoms with Gasteiger partial charge in [0.2, 0.25) is 0 Å². The van der Waals surface area contributed by atoms with Gasteiger partial charge in [-0.25, -0.2) is 9.07 Å². The Morgan fingerprint density at radius 1 is 1.37 bits per heavy atom. The zero-order valence-corrected chi connectivity index (χ0v) is 11.0. The Balaban J connectivity index is 2.58. The lowest BCUT2D eigenvalue weighted by Gasteiger charge is -2.14. The first-order valence-electron chi connectivity index (χ1n) is 6.32. The predicted molar refractivity (Wildman–Crippen MR) is 69.4 cm³/mol. The molecule has 4 nitrogen and oxygen atoms in total. The fraction of sp³-hybridized carbons (Fsp3) is 0.357. The molecule has 0 bridgehead atoms. The first kappa shape index (κ1) is 13.2. The molecule has 0 saturated heterocycles. The average Bonchev–Trinajstić information content (AvgIpc) is 2.84. The van der Waals surface area contributed by atoms with E-state index in [-0.39, 0.29) is 11.7 Å². The van der Waals surface area contributed by atoms with Gasteiger partial charge >= 0.3 is 0 Å². The second-order valence-electron chi connectivity index (χ2n) is 4.34. The first-order chi connectivity index (χ1) is 9.21. The van der Waals surface area contributed by atoms with Gasteiger partial charge in [-0.1, -0.05) is 25.1 Å². The lowest BCUT2D eigenvalue weighted by molar-refractivity contribution is 0.589. The summed E-state index contributed by atoms with van der Waals surface area (Å²) < 4.78 is 14.9. The maximum absolute atomic E-state index is 13.3. The van der Waals surface area contributed by atoms with Crippen LogP contribution in [-0.4, -0.2) is 15.0 Å². The van der Waals surface area contributed by atoms with Crippen molar-refractivity contribution in [2.45, 2.75) is 32.6 Å². The monoisotopic (exact) mass is 258 g/mol. The quantitative estimate of drug-likeness (QED) is 0.846. The van der Waals surface area contributed by atoms with E-state index >= 15 is 0 Å². The van der Waals surface area contributed by atoms with Crippen molar-refractivity contribution in [3.63, 3.8) is 0 Å². The van der Waals surface area contributed by atoms with Crippen LogP contribution in [0.15, 0.2) is 24.3 Å². The molecule has 0 saturated carbocycles. The zero-order chi connectivity index (χ0) is 13.8. The molecule has 0 N–H and O–H groups in total. The fourth-order valence-electron chi connectivity index (χ4n) is 2.21. The third-order valence-corrected chi connectivity index (χ3v) is 3.24. The highest BCUT2D eigenvalue weighted by Crippen LogP contribution is 2.27. The van der Waals surface area contributed by atoms with Gasteiger partial charge in [0.25, 0.3) is 0 Å². The Hall–Kier alpha value is -2.22. The normalized spacial score (nSPS) is 10.7. The molecule has 1 aromatic carbocycles. The molecule has 0 aliphatic rings. The van der Waals surface area contributed by atoms with E-state index in [1.54, 1.807) is 16.8 Å². The third kappa shape index (κ3) is 2.48. The smallest absolute Gasteiger partial charge is 0.186 e. The van der Waals surface area contributed by atoms with Gasteiger partial charge in [0.05, 0.1) is 11.4 Å². The Kier molecular flexibility index (Phi) is 3.91. The highest BCUT2D eigenvalue weighted by atomic mass is 19.1. The highest BCUT2D eigenvalue weighted by molar-refractivity contribution is 5.38. The van der Waals surface area contributed by atoms with Crippen LogP contribution in [0.2, 0.25) is 0 Å². The lowest BCUT2D eigenvalue weighted by atomic mass is 9.97. The Labute approximate surface area is 111 Å². The van der Waals surface area contributed by atoms with Gasteiger partial charge in [-0.2, -0.15) is 5.26 Å². The number of hydrogen-bond donors (Lipinski definition) is 0. The summed E-state index contributed by atoms with van der Waals surface area (Å²) in [7, 11) is 0. The van der Waals surface area contributed by atoms with Crippen LogP contribution >= 0.6 is 0 Å². The van der Waals surface area contributed by atoms with E-state index in [2.05, 4.69) is 30.2 Å². The number of benzene rings is 1. The molecule has 0 fully saturated rings. The molecule has 19 heavy (non-hydrogen) atoms. The van der Waals surface area contributed by atoms with Crippen molar-refractivity contribution >= 4 is 0 Å². The van der Waals surface area contributed by atoms with Gasteiger partial charge in [0.1, 0.15) is 11.9 Å². The van der Waals surface area contributed by atoms with Gasteiger partial charge in [-0.15, -0.1) is 5.10 Å². The predicted octanol–water partition coefficient (Wildman–Crippen LogP) is 3.18. The van der Waals surface area contributed by atoms with E-state index in [0.717, 1.165) is 18.5 Å². The van der Waals surface area contributed by atoms with E-state index < -0.39 is 0 Å². The number of halogens is 1. The molecular weight excluding hydrogens is 243 g/mol. The zero-order valence-electron chi connectivity index (χ0n) is 11.0. The molecule has 1 aromatic heterocycles. The molecule has 0 aliphatic carbocycles. The maximum atomic E-state index is 13.3. The van der Waals surface area contributed by atoms with Crippen molar-refractivity contribution in [3.8, 4) is 11.8 Å². The van der Waals surface area contributed by atoms with Crippen LogP contribution in [0.25, 0.3) is 5.69 Å². The summed E-state index contributed by atoms with van der Waals surface area (Å²) in [5, 5.41) is 17.0. The number of aromatic nitrogens is 3. The largest absolute Gasteiger partial charge is 0.216 e. The molecule has 0 aliphatic heterocycles. The number of nitrogens with zero attached hydrogens (tertiary/aromatic N) is 4. The van der Waals surface area contributed by atoms with E-state index in [1.807, 2.05) is 0 Å². The summed E-state index contributed by atoms with van der Waals surface area (Å²) in [6.45, 7) is 4.11. The summed E-state index contributed by atoms with van der Waals surface area (Å²) in [6.07, 6.45) is 1.77. The van der Waals surface area contributed by atoms with Crippen molar-refractivity contribution in [3.05, 3.63) is 41.5 Å². The van der Waals surface area contributed by atoms with Gasteiger partial charge < -0.3 is 0 Å². The average molecular weight is 258 g/mol. The molecule has 0 radical (unpaired) electrons. The summed E-state index contributed by atoms with van der Waals surface area (Å²) in [4.78, 5) is 0. The second-order valence-corrected chi connectivity index (χ2v) is 4.34. The Morgan fingerprint density at radius 2 is 2.11 bits per heavy atom. The molecule has 2 rings (SSSR count). The van der Waals surface area contributed by atoms with Crippen LogP contribution < -0.4 is 0 Å². The molecule has 0 spiro atoms. The van der Waals surface area contributed by atoms with Crippen molar-refractivity contribution < 1.29 is 4.39 Å². The van der Waals surface area contributed by atoms with Crippen molar-refractivity contribution in [2.24, 2.45) is 0 Å². The summed E-state index contributed by atoms with van der Waals surface area (Å²) in [5.74, 6) is -0.144. The number of hydrogen-bond acceptors (Lipinski definition) is 3. The number of nitriles is 1. The van der Waals surface area contributed by atoms with Gasteiger partial charge in [0.15, 0.2) is 5.69 Å². The molecular formula is C14H15FN4. The van der Waals surface area contributed by atoms with Crippen LogP contribution in [0.5, 0.6) is 0 Å². The first-order valence-corrected chi connectivity index (χ1v) is 6.32. The fourth-order valence-corrected chi connectivity index (χ4v) is 2.21. The van der Waals surface area contributed by atoms with Crippen molar-refractivity contribution in [1.29, 1.82) is 5.26 Å². The van der Waals surface area contributed by atoms with Crippen molar-refractivity contribution in [2.75, 3.05) is 0 Å². The summed E-state index contributed by atoms with van der Waals surface area (Å²) in [6, 6.07) is 8.20. The lowest BCUT2D eigenvalue weighted by Crippen LogP contribution is -2.08. The Morgan fingerprint density at radius 3 is 2.68 bits per heavy atom. The topological polar surface area (TPSA) is 54.5 Å². The van der Waals surface area contributed by atoms with E-state index in [4.69, 9.17) is 5.26 Å². The minimum absolute atomic E-state index is 0.188. The second kappa shape index (κ2) is 5.61. The van der Waals surface area contributed by atoms with E-state index in [9.17, 15) is 4.39 Å². The van der Waals surface area contributed by atoms with Crippen LogP contribution in [-0.2, 0) is 0 Å². The molecule has 5 heteroatoms. The molecule has 0 atom stereocenters. The van der Waals surface area contributed by atoms with Crippen LogP contribution in [0, 0.1) is 17.1 Å². The number of rotatable bonds is 4. The maximum Gasteiger partial charge on any atom is 0.186 e. The summed E-state index contributed by atoms with van der Waals surface area (Å²) >= 11 is 0. The van der Waals surface area contributed by atoms with Crippen LogP contribution in [0.3, 0.4) is 0 Å². The van der Waals surface area contributed by atoms with Crippen LogP contribution in [0.1, 0.15) is 44.0 Å². The standard InChI is InChI=1S/C14H15FN4/c1-3-10(4-2)14-13(9-16)17-18-19(14)12-7-5-6-11(15)8-12/h5-8,10H,3-4H2,1-2H3. The SMILES string of the molecule is CCC(CC)c1c(C#N)nnn1-c1cccc(F)c1. The Bertz CT molecular complexity index is 608. The van der Waals surface area contributed by atoms with E-state index in [0.29, 0.717) is 11.4 Å². The van der Waals surface area contributed by atoms with Gasteiger partial charge in [0, 0.05) is 5.92 Å². The summed E-state index contributed by atoms with van der Waals surface area (Å²) in [5.41, 5.74) is 1.67. The molecule has 0 unspecified atom stereocenters. The van der Waals surface area contributed by atoms with Crippen LogP contribution in [0.4, 0.5) is 4.39 Å². The molecule has 1 heterocycles. The molecule has 98 valence electrons. The van der Waals surface area contributed by atoms with Gasteiger partial charge in [-0.05, 0) is 31.0 Å². The van der Waals surface area contributed by atoms with Crippen molar-refractivity contribution in [1.82, 2.24) is 15.0 Å².